The van der Waals surface area contributed by atoms with Gasteiger partial charge in [0.05, 0.1) is 0 Å². The van der Waals surface area contributed by atoms with Gasteiger partial charge in [-0.1, -0.05) is 0 Å². The molecule has 0 bridgehead atoms. The predicted octanol–water partition coefficient (Wildman–Crippen LogP) is -2.00. The minimum atomic E-state index is -0.725. The van der Waals surface area contributed by atoms with Crippen LogP contribution in [0, 0.1) is 0 Å². The van der Waals surface area contributed by atoms with Crippen molar-refractivity contribution in [1.82, 2.24) is 0 Å². The maximum atomic E-state index is 10.0. The predicted molar refractivity (Wildman–Crippen MR) is 31.5 cm³/mol. The van der Waals surface area contributed by atoms with Gasteiger partial charge < -0.3 is 11.9 Å². The Kier molecular flexibility index (Phi) is 6.54. The summed E-state index contributed by atoms with van der Waals surface area (Å²) >= 11 is 0. The third kappa shape index (κ3) is 12.2. The molecule has 0 aromatic rings. The zero-order chi connectivity index (χ0) is 6.78. The SMILES string of the molecule is CC(C)(C)OC(N)=O.[H-].[K+]. The molecule has 3 nitrogen and oxygen atoms in total. The summed E-state index contributed by atoms with van der Waals surface area (Å²) in [5.41, 5.74) is 4.26. The van der Waals surface area contributed by atoms with E-state index in [0.717, 1.165) is 0 Å². The van der Waals surface area contributed by atoms with Crippen LogP contribution in [0.4, 0.5) is 4.79 Å². The van der Waals surface area contributed by atoms with E-state index >= 15 is 0 Å². The van der Waals surface area contributed by atoms with Gasteiger partial charge in [0.15, 0.2) is 0 Å². The van der Waals surface area contributed by atoms with Crippen LogP contribution in [-0.4, -0.2) is 11.7 Å². The number of rotatable bonds is 0. The molecule has 0 saturated carbocycles. The molecule has 0 aliphatic heterocycles. The van der Waals surface area contributed by atoms with E-state index in [-0.39, 0.29) is 52.8 Å². The molecule has 0 aliphatic carbocycles. The number of carbonyl (C=O) groups excluding carboxylic acids is 1. The first-order valence-corrected chi connectivity index (χ1v) is 2.40. The van der Waals surface area contributed by atoms with E-state index in [1.807, 2.05) is 0 Å². The van der Waals surface area contributed by atoms with Crippen molar-refractivity contribution in [3.8, 4) is 0 Å². The number of amides is 1. The van der Waals surface area contributed by atoms with E-state index in [9.17, 15) is 4.79 Å². The summed E-state index contributed by atoms with van der Waals surface area (Å²) in [5, 5.41) is 0. The zero-order valence-electron chi connectivity index (χ0n) is 7.39. The third-order valence-corrected chi connectivity index (χ3v) is 0.407. The summed E-state index contributed by atoms with van der Waals surface area (Å²) in [7, 11) is 0. The first kappa shape index (κ1) is 12.6. The smallest absolute Gasteiger partial charge is 1.00 e. The topological polar surface area (TPSA) is 52.3 Å². The minimum Gasteiger partial charge on any atom is -1.00 e. The molecule has 2 N–H and O–H groups in total. The van der Waals surface area contributed by atoms with Crippen LogP contribution >= 0.6 is 0 Å². The quantitative estimate of drug-likeness (QED) is 0.413. The Labute approximate surface area is 99.2 Å². The van der Waals surface area contributed by atoms with Crippen molar-refractivity contribution in [3.05, 3.63) is 0 Å². The molecule has 50 valence electrons. The number of ether oxygens (including phenoxy) is 1. The van der Waals surface area contributed by atoms with Crippen molar-refractivity contribution < 1.29 is 62.3 Å². The van der Waals surface area contributed by atoms with Crippen LogP contribution in [0.5, 0.6) is 0 Å². The fourth-order valence-electron chi connectivity index (χ4n) is 0.302. The second-order valence-corrected chi connectivity index (χ2v) is 2.53. The van der Waals surface area contributed by atoms with Crippen LogP contribution < -0.4 is 57.1 Å². The summed E-state index contributed by atoms with van der Waals surface area (Å²) in [4.78, 5) is 10.0. The van der Waals surface area contributed by atoms with Crippen LogP contribution in [0.25, 0.3) is 0 Å². The normalized spacial score (nSPS) is 9.67. The molecule has 0 heterocycles. The van der Waals surface area contributed by atoms with Crippen molar-refractivity contribution in [2.75, 3.05) is 0 Å². The van der Waals surface area contributed by atoms with Gasteiger partial charge in [0.2, 0.25) is 0 Å². The Morgan fingerprint density at radius 3 is 1.89 bits per heavy atom. The number of nitrogens with two attached hydrogens (primary N) is 1. The van der Waals surface area contributed by atoms with E-state index in [1.165, 1.54) is 0 Å². The van der Waals surface area contributed by atoms with Crippen molar-refractivity contribution in [1.29, 1.82) is 0 Å². The summed E-state index contributed by atoms with van der Waals surface area (Å²) in [6.45, 7) is 5.28. The van der Waals surface area contributed by atoms with E-state index < -0.39 is 11.7 Å². The molecule has 0 atom stereocenters. The largest absolute Gasteiger partial charge is 1.00 e. The van der Waals surface area contributed by atoms with Crippen LogP contribution in [0.15, 0.2) is 0 Å². The summed E-state index contributed by atoms with van der Waals surface area (Å²) < 4.78 is 4.58. The average molecular weight is 157 g/mol. The van der Waals surface area contributed by atoms with Gasteiger partial charge in [0.25, 0.3) is 0 Å². The number of hydrogen-bond donors (Lipinski definition) is 1. The second kappa shape index (κ2) is 4.68. The van der Waals surface area contributed by atoms with Crippen LogP contribution in [-0.2, 0) is 4.74 Å². The summed E-state index contributed by atoms with van der Waals surface area (Å²) in [6, 6.07) is 0. The monoisotopic (exact) mass is 157 g/mol. The van der Waals surface area contributed by atoms with E-state index in [4.69, 9.17) is 5.73 Å². The molecule has 0 saturated heterocycles. The first-order chi connectivity index (χ1) is 3.42. The maximum Gasteiger partial charge on any atom is 1.00 e. The van der Waals surface area contributed by atoms with Crippen LogP contribution in [0.2, 0.25) is 0 Å². The fraction of sp³-hybridized carbons (Fsp3) is 0.800. The molecule has 4 heteroatoms. The maximum absolute atomic E-state index is 10.0. The van der Waals surface area contributed by atoms with Gasteiger partial charge in [-0.3, -0.25) is 0 Å². The van der Waals surface area contributed by atoms with Crippen LogP contribution in [0.1, 0.15) is 22.2 Å². The number of carbonyl (C=O) groups is 1. The Hall–Kier alpha value is 0.906. The average Bonchev–Trinajstić information content (AvgIpc) is 1.21. The van der Waals surface area contributed by atoms with Gasteiger partial charge in [-0.05, 0) is 20.8 Å². The first-order valence-electron chi connectivity index (χ1n) is 2.40. The van der Waals surface area contributed by atoms with E-state index in [1.54, 1.807) is 20.8 Å². The molecule has 0 radical (unpaired) electrons. The van der Waals surface area contributed by atoms with Crippen molar-refractivity contribution in [3.63, 3.8) is 0 Å². The zero-order valence-corrected chi connectivity index (χ0v) is 9.52. The van der Waals surface area contributed by atoms with Gasteiger partial charge in [-0.25, -0.2) is 4.79 Å². The van der Waals surface area contributed by atoms with Crippen molar-refractivity contribution in [2.45, 2.75) is 26.4 Å². The van der Waals surface area contributed by atoms with Gasteiger partial charge in [0.1, 0.15) is 5.60 Å². The summed E-state index contributed by atoms with van der Waals surface area (Å²) in [6.07, 6.45) is -0.725. The molecule has 0 aliphatic rings. The molecule has 0 rings (SSSR count). The number of hydrogen-bond acceptors (Lipinski definition) is 2. The van der Waals surface area contributed by atoms with Gasteiger partial charge in [-0.15, -0.1) is 0 Å². The number of primary amides is 1. The molecular weight excluding hydrogens is 145 g/mol. The molecule has 0 spiro atoms. The molecule has 0 aromatic carbocycles. The molecule has 0 unspecified atom stereocenters. The second-order valence-electron chi connectivity index (χ2n) is 2.53. The Morgan fingerprint density at radius 2 is 1.89 bits per heavy atom. The van der Waals surface area contributed by atoms with Crippen LogP contribution in [0.3, 0.4) is 0 Å². The Morgan fingerprint density at radius 1 is 1.56 bits per heavy atom. The fourth-order valence-corrected chi connectivity index (χ4v) is 0.302. The van der Waals surface area contributed by atoms with Crippen molar-refractivity contribution >= 4 is 6.09 Å². The molecule has 0 fully saturated rings. The van der Waals surface area contributed by atoms with Gasteiger partial charge in [-0.2, -0.15) is 0 Å². The molecular formula is C5H12KNO2. The Bertz CT molecular complexity index is 102. The molecule has 0 aromatic heterocycles. The summed E-state index contributed by atoms with van der Waals surface area (Å²) in [5.74, 6) is 0. The Balaban J connectivity index is -0.000000245. The third-order valence-electron chi connectivity index (χ3n) is 0.407. The van der Waals surface area contributed by atoms with Gasteiger partial charge >= 0.3 is 57.5 Å². The van der Waals surface area contributed by atoms with E-state index in [0.29, 0.717) is 0 Å². The molecule has 1 amide bonds. The molecule has 9 heavy (non-hydrogen) atoms. The van der Waals surface area contributed by atoms with Crippen molar-refractivity contribution in [2.24, 2.45) is 5.73 Å². The van der Waals surface area contributed by atoms with E-state index in [2.05, 4.69) is 4.74 Å². The van der Waals surface area contributed by atoms with Gasteiger partial charge in [0, 0.05) is 0 Å². The minimum absolute atomic E-state index is 0. The standard InChI is InChI=1S/C5H11NO2.K.H/c1-5(2,3)8-4(6)7;;/h1-3H3,(H2,6,7);;/q;+1;-1.